The summed E-state index contributed by atoms with van der Waals surface area (Å²) in [5.74, 6) is 0.438. The Morgan fingerprint density at radius 3 is 2.43 bits per heavy atom. The van der Waals surface area contributed by atoms with Crippen LogP contribution in [0.15, 0.2) is 101 Å². The van der Waals surface area contributed by atoms with E-state index in [0.29, 0.717) is 41.4 Å². The van der Waals surface area contributed by atoms with Crippen molar-refractivity contribution in [2.75, 3.05) is 12.4 Å². The number of methoxy groups -OCH3 is 1. The summed E-state index contributed by atoms with van der Waals surface area (Å²) in [7, 11) is 1.57. The molecule has 6 nitrogen and oxygen atoms in total. The van der Waals surface area contributed by atoms with Crippen LogP contribution in [0.4, 0.5) is 5.69 Å². The van der Waals surface area contributed by atoms with Gasteiger partial charge < -0.3 is 20.1 Å². The van der Waals surface area contributed by atoms with Crippen molar-refractivity contribution < 1.29 is 19.1 Å². The summed E-state index contributed by atoms with van der Waals surface area (Å²) in [6.45, 7) is 2.27. The van der Waals surface area contributed by atoms with Gasteiger partial charge in [-0.25, -0.2) is 0 Å². The number of hydrogen-bond acceptors (Lipinski definition) is 5. The normalized spacial score (nSPS) is 17.1. The van der Waals surface area contributed by atoms with Gasteiger partial charge in [0.1, 0.15) is 18.1 Å². The van der Waals surface area contributed by atoms with Crippen molar-refractivity contribution in [3.63, 3.8) is 0 Å². The molecule has 2 aliphatic rings. The van der Waals surface area contributed by atoms with E-state index in [-0.39, 0.29) is 11.7 Å². The van der Waals surface area contributed by atoms with Crippen LogP contribution < -0.4 is 20.1 Å². The maximum Gasteiger partial charge on any atom is 0.254 e. The SMILES string of the molecule is COc1ccccc1NC(=O)C1=C(C)NC2=C(C(=O)CCC2)C1c1ccccc1OCc1ccccc1. The highest BCUT2D eigenvalue weighted by Gasteiger charge is 2.39. The van der Waals surface area contributed by atoms with Crippen LogP contribution in [0.2, 0.25) is 0 Å². The number of amides is 1. The molecular weight excluding hydrogens is 464 g/mol. The second kappa shape index (κ2) is 10.7. The van der Waals surface area contributed by atoms with E-state index in [1.54, 1.807) is 19.2 Å². The van der Waals surface area contributed by atoms with E-state index in [4.69, 9.17) is 9.47 Å². The van der Waals surface area contributed by atoms with Gasteiger partial charge in [-0.1, -0.05) is 60.7 Å². The van der Waals surface area contributed by atoms with Crippen molar-refractivity contribution in [2.45, 2.75) is 38.7 Å². The zero-order valence-corrected chi connectivity index (χ0v) is 21.0. The van der Waals surface area contributed by atoms with E-state index in [0.717, 1.165) is 35.4 Å². The third kappa shape index (κ3) is 5.00. The summed E-state index contributed by atoms with van der Waals surface area (Å²) in [6, 6.07) is 24.9. The van der Waals surface area contributed by atoms with Gasteiger partial charge in [-0.3, -0.25) is 9.59 Å². The molecule has 0 spiro atoms. The quantitative estimate of drug-likeness (QED) is 0.429. The van der Waals surface area contributed by atoms with Gasteiger partial charge in [0, 0.05) is 34.5 Å². The first-order chi connectivity index (χ1) is 18.1. The molecule has 0 saturated carbocycles. The van der Waals surface area contributed by atoms with Crippen LogP contribution in [0.5, 0.6) is 11.5 Å². The molecule has 3 aromatic rings. The Labute approximate surface area is 217 Å². The van der Waals surface area contributed by atoms with E-state index in [1.807, 2.05) is 73.7 Å². The molecular formula is C31H30N2O4. The van der Waals surface area contributed by atoms with E-state index in [9.17, 15) is 9.59 Å². The zero-order chi connectivity index (χ0) is 25.8. The topological polar surface area (TPSA) is 76.7 Å². The van der Waals surface area contributed by atoms with Crippen molar-refractivity contribution in [3.05, 3.63) is 113 Å². The Balaban J connectivity index is 1.56. The number of carbonyl (C=O) groups excluding carboxylic acids is 2. The molecule has 0 fully saturated rings. The van der Waals surface area contributed by atoms with Crippen molar-refractivity contribution in [1.82, 2.24) is 5.32 Å². The summed E-state index contributed by atoms with van der Waals surface area (Å²) in [6.07, 6.45) is 2.02. The van der Waals surface area contributed by atoms with Crippen LogP contribution in [-0.2, 0) is 16.2 Å². The molecule has 1 amide bonds. The number of Topliss-reactive ketones (excluding diaryl/α,β-unsaturated/α-hetero) is 1. The maximum absolute atomic E-state index is 13.9. The first kappa shape index (κ1) is 24.4. The number of nitrogens with one attached hydrogen (secondary N) is 2. The smallest absolute Gasteiger partial charge is 0.254 e. The van der Waals surface area contributed by atoms with E-state index in [1.165, 1.54) is 0 Å². The molecule has 1 unspecified atom stereocenters. The predicted molar refractivity (Wildman–Crippen MR) is 143 cm³/mol. The van der Waals surface area contributed by atoms with E-state index in [2.05, 4.69) is 10.6 Å². The van der Waals surface area contributed by atoms with Gasteiger partial charge in [-0.15, -0.1) is 0 Å². The molecule has 6 heteroatoms. The Bertz CT molecular complexity index is 1390. The molecule has 37 heavy (non-hydrogen) atoms. The number of allylic oxidation sites excluding steroid dienone is 3. The average molecular weight is 495 g/mol. The van der Waals surface area contributed by atoms with E-state index < -0.39 is 5.92 Å². The van der Waals surface area contributed by atoms with Gasteiger partial charge in [0.2, 0.25) is 0 Å². The number of para-hydroxylation sites is 3. The number of benzene rings is 3. The number of hydrogen-bond donors (Lipinski definition) is 2. The minimum Gasteiger partial charge on any atom is -0.495 e. The Kier molecular flexibility index (Phi) is 7.08. The average Bonchev–Trinajstić information content (AvgIpc) is 2.92. The molecule has 1 aliphatic carbocycles. The molecule has 0 bridgehead atoms. The molecule has 0 aromatic heterocycles. The maximum atomic E-state index is 13.9. The number of ether oxygens (including phenoxy) is 2. The van der Waals surface area contributed by atoms with Gasteiger partial charge >= 0.3 is 0 Å². The second-order valence-corrected chi connectivity index (χ2v) is 9.23. The summed E-state index contributed by atoms with van der Waals surface area (Å²) in [5.41, 5.74) is 5.17. The van der Waals surface area contributed by atoms with Crippen molar-refractivity contribution >= 4 is 17.4 Å². The minimum atomic E-state index is -0.550. The molecule has 1 atom stereocenters. The number of carbonyl (C=O) groups is 2. The molecule has 1 aliphatic heterocycles. The Morgan fingerprint density at radius 2 is 1.65 bits per heavy atom. The van der Waals surface area contributed by atoms with Crippen LogP contribution >= 0.6 is 0 Å². The number of ketones is 1. The van der Waals surface area contributed by atoms with Crippen molar-refractivity contribution in [3.8, 4) is 11.5 Å². The fourth-order valence-electron chi connectivity index (χ4n) is 5.12. The van der Waals surface area contributed by atoms with Crippen LogP contribution in [0.1, 0.15) is 43.2 Å². The van der Waals surface area contributed by atoms with Crippen molar-refractivity contribution in [2.24, 2.45) is 0 Å². The fourth-order valence-corrected chi connectivity index (χ4v) is 5.12. The monoisotopic (exact) mass is 494 g/mol. The summed E-state index contributed by atoms with van der Waals surface area (Å²) < 4.78 is 11.7. The lowest BCUT2D eigenvalue weighted by Gasteiger charge is -2.35. The first-order valence-electron chi connectivity index (χ1n) is 12.5. The first-order valence-corrected chi connectivity index (χ1v) is 12.5. The summed E-state index contributed by atoms with van der Waals surface area (Å²) >= 11 is 0. The molecule has 0 radical (unpaired) electrons. The third-order valence-electron chi connectivity index (χ3n) is 6.84. The highest BCUT2D eigenvalue weighted by Crippen LogP contribution is 2.45. The molecule has 2 N–H and O–H groups in total. The predicted octanol–water partition coefficient (Wildman–Crippen LogP) is 5.88. The van der Waals surface area contributed by atoms with Crippen LogP contribution in [-0.4, -0.2) is 18.8 Å². The van der Waals surface area contributed by atoms with Crippen LogP contribution in [0.3, 0.4) is 0 Å². The lowest BCUT2D eigenvalue weighted by atomic mass is 9.74. The Hall–Kier alpha value is -4.32. The molecule has 0 saturated heterocycles. The number of anilines is 1. The summed E-state index contributed by atoms with van der Waals surface area (Å²) in [4.78, 5) is 27.2. The molecule has 188 valence electrons. The van der Waals surface area contributed by atoms with Gasteiger partial charge in [0.05, 0.1) is 18.7 Å². The van der Waals surface area contributed by atoms with Gasteiger partial charge in [-0.05, 0) is 43.5 Å². The van der Waals surface area contributed by atoms with E-state index >= 15 is 0 Å². The standard InChI is InChI=1S/C31H30N2O4/c1-20-28(31(35)33-23-14-7-9-18-27(23)36-2)29(30-24(32-20)15-10-16-25(30)34)22-13-6-8-17-26(22)37-19-21-11-4-3-5-12-21/h3-9,11-14,17-18,29,32H,10,15-16,19H2,1-2H3,(H,33,35). The molecule has 1 heterocycles. The lowest BCUT2D eigenvalue weighted by molar-refractivity contribution is -0.116. The van der Waals surface area contributed by atoms with Gasteiger partial charge in [0.25, 0.3) is 5.91 Å². The lowest BCUT2D eigenvalue weighted by Crippen LogP contribution is -2.35. The fraction of sp³-hybridized carbons (Fsp3) is 0.226. The third-order valence-corrected chi connectivity index (χ3v) is 6.84. The highest BCUT2D eigenvalue weighted by molar-refractivity contribution is 6.10. The number of dihydropyridines is 1. The second-order valence-electron chi connectivity index (χ2n) is 9.23. The molecule has 3 aromatic carbocycles. The van der Waals surface area contributed by atoms with Crippen LogP contribution in [0.25, 0.3) is 0 Å². The largest absolute Gasteiger partial charge is 0.495 e. The summed E-state index contributed by atoms with van der Waals surface area (Å²) in [5, 5.41) is 6.39. The number of rotatable bonds is 7. The minimum absolute atomic E-state index is 0.0618. The Morgan fingerprint density at radius 1 is 0.946 bits per heavy atom. The van der Waals surface area contributed by atoms with Gasteiger partial charge in [-0.2, -0.15) is 0 Å². The molecule has 5 rings (SSSR count). The van der Waals surface area contributed by atoms with Crippen LogP contribution in [0, 0.1) is 0 Å². The zero-order valence-electron chi connectivity index (χ0n) is 21.0. The highest BCUT2D eigenvalue weighted by atomic mass is 16.5. The van der Waals surface area contributed by atoms with Crippen molar-refractivity contribution in [1.29, 1.82) is 0 Å². The van der Waals surface area contributed by atoms with Gasteiger partial charge in [0.15, 0.2) is 5.78 Å².